The molecule has 0 spiro atoms. The highest BCUT2D eigenvalue weighted by Gasteiger charge is 2.17. The maximum Gasteiger partial charge on any atom is 0.265 e. The van der Waals surface area contributed by atoms with E-state index < -0.39 is 10.0 Å². The number of rotatable bonds is 4. The molecule has 0 aliphatic carbocycles. The molecule has 0 saturated carbocycles. The molecule has 0 aliphatic rings. The number of anilines is 1. The molecule has 2 aromatic heterocycles. The fourth-order valence-corrected chi connectivity index (χ4v) is 2.98. The van der Waals surface area contributed by atoms with E-state index >= 15 is 0 Å². The van der Waals surface area contributed by atoms with Crippen LogP contribution in [0.3, 0.4) is 0 Å². The van der Waals surface area contributed by atoms with Gasteiger partial charge in [-0.1, -0.05) is 44.5 Å². The highest BCUT2D eigenvalue weighted by Crippen LogP contribution is 2.29. The summed E-state index contributed by atoms with van der Waals surface area (Å²) in [5, 5.41) is 7.39. The van der Waals surface area contributed by atoms with Gasteiger partial charge in [-0.15, -0.1) is 0 Å². The molecule has 0 radical (unpaired) electrons. The van der Waals surface area contributed by atoms with Gasteiger partial charge in [0.05, 0.1) is 22.4 Å². The molecule has 0 fully saturated rings. The Morgan fingerprint density at radius 2 is 1.96 bits per heavy atom. The lowest BCUT2D eigenvalue weighted by Gasteiger charge is -2.07. The van der Waals surface area contributed by atoms with Crippen molar-refractivity contribution >= 4 is 50.8 Å². The van der Waals surface area contributed by atoms with Crippen LogP contribution in [0.25, 0.3) is 10.9 Å². The number of nitrogens with zero attached hydrogens (tertiary/aromatic N) is 1. The first kappa shape index (κ1) is 21.4. The fraction of sp³-hybridized carbons (Fsp3) is 0.312. The summed E-state index contributed by atoms with van der Waals surface area (Å²) in [6, 6.07) is 5.20. The van der Waals surface area contributed by atoms with E-state index in [2.05, 4.69) is 39.5 Å². The first-order valence-electron chi connectivity index (χ1n) is 7.87. The predicted octanol–water partition coefficient (Wildman–Crippen LogP) is 4.70. The molecule has 3 rings (SSSR count). The van der Waals surface area contributed by atoms with Crippen molar-refractivity contribution in [3.63, 3.8) is 0 Å². The molecule has 0 atom stereocenters. The predicted molar refractivity (Wildman–Crippen MR) is 108 cm³/mol. The zero-order valence-electron chi connectivity index (χ0n) is 14.4. The Kier molecular flexibility index (Phi) is 8.88. The van der Waals surface area contributed by atoms with E-state index in [1.54, 1.807) is 18.3 Å². The van der Waals surface area contributed by atoms with Crippen LogP contribution in [-0.2, 0) is 10.0 Å². The molecule has 6 nitrogen and oxygen atoms in total. The van der Waals surface area contributed by atoms with Crippen LogP contribution >= 0.6 is 24.2 Å². The molecule has 0 bridgehead atoms. The van der Waals surface area contributed by atoms with E-state index in [4.69, 9.17) is 11.6 Å². The number of sulfonamides is 1. The van der Waals surface area contributed by atoms with Gasteiger partial charge in [-0.2, -0.15) is 17.7 Å². The van der Waals surface area contributed by atoms with Crippen molar-refractivity contribution in [1.29, 1.82) is 0 Å². The minimum Gasteiger partial charge on any atom is -0.358 e. The Balaban J connectivity index is 0.000000461. The molecule has 0 saturated heterocycles. The minimum atomic E-state index is -3.66. The summed E-state index contributed by atoms with van der Waals surface area (Å²) < 4.78 is 26.7. The van der Waals surface area contributed by atoms with Crippen LogP contribution in [0, 0.1) is 0 Å². The van der Waals surface area contributed by atoms with Gasteiger partial charge in [-0.25, -0.2) is 8.42 Å². The van der Waals surface area contributed by atoms with Crippen LogP contribution in [0.1, 0.15) is 27.2 Å². The molecule has 0 aliphatic heterocycles. The Bertz CT molecular complexity index is 860. The van der Waals surface area contributed by atoms with E-state index in [0.29, 0.717) is 16.2 Å². The molecular weight excluding hydrogens is 380 g/mol. The molecule has 3 N–H and O–H groups in total. The lowest BCUT2D eigenvalue weighted by molar-refractivity contribution is 0.601. The van der Waals surface area contributed by atoms with Crippen molar-refractivity contribution in [2.75, 3.05) is 10.5 Å². The van der Waals surface area contributed by atoms with Crippen molar-refractivity contribution < 1.29 is 8.42 Å². The van der Waals surface area contributed by atoms with Crippen molar-refractivity contribution in [3.8, 4) is 0 Å². The molecule has 0 unspecified atom stereocenters. The third kappa shape index (κ3) is 5.69. The van der Waals surface area contributed by atoms with E-state index in [9.17, 15) is 8.42 Å². The molecular formula is C16H23ClN4O2S2. The van der Waals surface area contributed by atoms with Gasteiger partial charge in [-0.3, -0.25) is 9.82 Å². The first-order valence-corrected chi connectivity index (χ1v) is 10.4. The summed E-state index contributed by atoms with van der Waals surface area (Å²) in [6.45, 7) is 6.10. The Hall–Kier alpha value is -1.64. The van der Waals surface area contributed by atoms with Gasteiger partial charge >= 0.3 is 0 Å². The van der Waals surface area contributed by atoms with E-state index in [1.807, 2.05) is 19.9 Å². The summed E-state index contributed by atoms with van der Waals surface area (Å²) in [6.07, 6.45) is 5.35. The number of hydrogen-bond acceptors (Lipinski definition) is 4. The van der Waals surface area contributed by atoms with Crippen LogP contribution in [0.5, 0.6) is 0 Å². The van der Waals surface area contributed by atoms with Gasteiger partial charge in [0.25, 0.3) is 10.0 Å². The number of para-hydroxylation sites is 1. The lowest BCUT2D eigenvalue weighted by Crippen LogP contribution is -2.12. The maximum absolute atomic E-state index is 12.1. The second-order valence-electron chi connectivity index (χ2n) is 4.63. The SMILES string of the molecule is CC.CCCS.O=S(=O)(Nc1cccc2c(Cl)c[nH]c12)c1cn[nH]c1. The molecule has 25 heavy (non-hydrogen) atoms. The second kappa shape index (κ2) is 10.4. The van der Waals surface area contributed by atoms with Gasteiger partial charge in [0.2, 0.25) is 0 Å². The third-order valence-electron chi connectivity index (χ3n) is 2.92. The molecule has 2 heterocycles. The van der Waals surface area contributed by atoms with E-state index in [-0.39, 0.29) is 4.90 Å². The molecule has 1 aromatic carbocycles. The van der Waals surface area contributed by atoms with Gasteiger partial charge in [0.1, 0.15) is 4.90 Å². The van der Waals surface area contributed by atoms with Crippen LogP contribution in [0.2, 0.25) is 5.02 Å². The fourth-order valence-electron chi connectivity index (χ4n) is 1.79. The number of halogens is 1. The number of aromatic amines is 2. The zero-order valence-corrected chi connectivity index (χ0v) is 16.8. The summed E-state index contributed by atoms with van der Waals surface area (Å²) in [7, 11) is -3.66. The van der Waals surface area contributed by atoms with Crippen molar-refractivity contribution in [3.05, 3.63) is 41.8 Å². The van der Waals surface area contributed by atoms with Crippen molar-refractivity contribution in [2.45, 2.75) is 32.1 Å². The minimum absolute atomic E-state index is 0.0714. The van der Waals surface area contributed by atoms with Crippen molar-refractivity contribution in [1.82, 2.24) is 15.2 Å². The number of aromatic nitrogens is 3. The summed E-state index contributed by atoms with van der Waals surface area (Å²) in [5.41, 5.74) is 1.07. The maximum atomic E-state index is 12.1. The van der Waals surface area contributed by atoms with Gasteiger partial charge in [0.15, 0.2) is 0 Å². The number of benzene rings is 1. The number of hydrogen-bond donors (Lipinski definition) is 4. The lowest BCUT2D eigenvalue weighted by atomic mass is 10.2. The largest absolute Gasteiger partial charge is 0.358 e. The van der Waals surface area contributed by atoms with Crippen molar-refractivity contribution in [2.24, 2.45) is 0 Å². The third-order valence-corrected chi connectivity index (χ3v) is 5.01. The van der Waals surface area contributed by atoms with E-state index in [0.717, 1.165) is 11.1 Å². The Morgan fingerprint density at radius 3 is 2.52 bits per heavy atom. The normalized spacial score (nSPS) is 10.4. The Labute approximate surface area is 158 Å². The highest BCUT2D eigenvalue weighted by atomic mass is 35.5. The highest BCUT2D eigenvalue weighted by molar-refractivity contribution is 7.92. The van der Waals surface area contributed by atoms with E-state index in [1.165, 1.54) is 18.8 Å². The Morgan fingerprint density at radius 1 is 1.28 bits per heavy atom. The average molecular weight is 403 g/mol. The molecule has 9 heteroatoms. The number of nitrogens with one attached hydrogen (secondary N) is 3. The summed E-state index contributed by atoms with van der Waals surface area (Å²) in [4.78, 5) is 3.01. The smallest absolute Gasteiger partial charge is 0.265 e. The first-order chi connectivity index (χ1) is 12.0. The quantitative estimate of drug-likeness (QED) is 0.477. The summed E-state index contributed by atoms with van der Waals surface area (Å²) >= 11 is 9.91. The van der Waals surface area contributed by atoms with Gasteiger partial charge in [0, 0.05) is 17.8 Å². The number of H-pyrrole nitrogens is 2. The van der Waals surface area contributed by atoms with Gasteiger partial charge < -0.3 is 4.98 Å². The van der Waals surface area contributed by atoms with Crippen LogP contribution < -0.4 is 4.72 Å². The van der Waals surface area contributed by atoms with Crippen LogP contribution in [0.15, 0.2) is 41.7 Å². The summed E-state index contributed by atoms with van der Waals surface area (Å²) in [5.74, 6) is 1.01. The van der Waals surface area contributed by atoms with Gasteiger partial charge in [-0.05, 0) is 18.2 Å². The zero-order chi connectivity index (χ0) is 18.9. The molecule has 138 valence electrons. The topological polar surface area (TPSA) is 90.6 Å². The standard InChI is InChI=1S/C11H9ClN4O2S.C3H8S.C2H6/c12-9-6-13-11-8(9)2-1-3-10(11)16-19(17,18)7-4-14-15-5-7;1-2-3-4;1-2/h1-6,13,16H,(H,14,15);4H,2-3H2,1H3;1-2H3. The average Bonchev–Trinajstić information content (AvgIpc) is 3.28. The number of fused-ring (bicyclic) bond motifs is 1. The van der Waals surface area contributed by atoms with Crippen LogP contribution in [-0.4, -0.2) is 29.4 Å². The monoisotopic (exact) mass is 402 g/mol. The molecule has 0 amide bonds. The number of thiol groups is 1. The second-order valence-corrected chi connectivity index (χ2v) is 7.16. The molecule has 3 aromatic rings. The van der Waals surface area contributed by atoms with Crippen LogP contribution in [0.4, 0.5) is 5.69 Å².